The van der Waals surface area contributed by atoms with E-state index in [4.69, 9.17) is 9.15 Å². The van der Waals surface area contributed by atoms with Crippen LogP contribution in [0, 0.1) is 13.8 Å². The van der Waals surface area contributed by atoms with Crippen LogP contribution < -0.4 is 10.9 Å². The van der Waals surface area contributed by atoms with Gasteiger partial charge in [0.2, 0.25) is 0 Å². The number of morpholine rings is 1. The lowest BCUT2D eigenvalue weighted by molar-refractivity contribution is 0.0117. The van der Waals surface area contributed by atoms with Crippen molar-refractivity contribution in [3.63, 3.8) is 0 Å². The van der Waals surface area contributed by atoms with Gasteiger partial charge >= 0.3 is 0 Å². The van der Waals surface area contributed by atoms with Gasteiger partial charge in [-0.05, 0) is 37.1 Å². The van der Waals surface area contributed by atoms with Crippen LogP contribution in [-0.2, 0) is 11.2 Å². The van der Waals surface area contributed by atoms with Gasteiger partial charge in [0, 0.05) is 26.1 Å². The first kappa shape index (κ1) is 23.5. The third-order valence-corrected chi connectivity index (χ3v) is 7.49. The third-order valence-electron chi connectivity index (χ3n) is 6.30. The SMILES string of the molecule is Cc1ccc(C(CNC(=O)c2sc3nc(Cc4ccccc4)[nH]c(=O)c3c2C)N2CCOCC2)o1. The van der Waals surface area contributed by atoms with Gasteiger partial charge in [0.1, 0.15) is 22.2 Å². The molecular weight excluding hydrogens is 464 g/mol. The van der Waals surface area contributed by atoms with E-state index in [1.807, 2.05) is 49.4 Å². The fourth-order valence-corrected chi connectivity index (χ4v) is 5.60. The zero-order valence-corrected chi connectivity index (χ0v) is 20.6. The zero-order valence-electron chi connectivity index (χ0n) is 19.8. The molecule has 1 aromatic carbocycles. The van der Waals surface area contributed by atoms with E-state index < -0.39 is 0 Å². The van der Waals surface area contributed by atoms with Crippen molar-refractivity contribution in [2.24, 2.45) is 0 Å². The van der Waals surface area contributed by atoms with Crippen LogP contribution >= 0.6 is 11.3 Å². The number of rotatable bonds is 7. The standard InChI is InChI=1S/C26H28N4O4S/c1-16-8-9-20(34-16)19(30-10-12-33-13-11-30)15-27-25(32)23-17(2)22-24(31)28-21(29-26(22)35-23)14-18-6-4-3-5-7-18/h3-9,19H,10-15H2,1-2H3,(H,27,32)(H,28,29,31). The van der Waals surface area contributed by atoms with E-state index in [1.165, 1.54) is 11.3 Å². The monoisotopic (exact) mass is 492 g/mol. The van der Waals surface area contributed by atoms with Crippen molar-refractivity contribution in [1.29, 1.82) is 0 Å². The van der Waals surface area contributed by atoms with Crippen LogP contribution in [0.15, 0.2) is 51.7 Å². The molecule has 1 aliphatic rings. The summed E-state index contributed by atoms with van der Waals surface area (Å²) in [5.41, 5.74) is 1.49. The van der Waals surface area contributed by atoms with Crippen molar-refractivity contribution < 1.29 is 13.9 Å². The van der Waals surface area contributed by atoms with Crippen LogP contribution in [0.25, 0.3) is 10.2 Å². The first-order valence-electron chi connectivity index (χ1n) is 11.7. The van der Waals surface area contributed by atoms with Gasteiger partial charge in [-0.1, -0.05) is 30.3 Å². The summed E-state index contributed by atoms with van der Waals surface area (Å²) in [5.74, 6) is 2.03. The molecule has 0 aliphatic carbocycles. The van der Waals surface area contributed by atoms with E-state index in [1.54, 1.807) is 6.92 Å². The van der Waals surface area contributed by atoms with Crippen LogP contribution in [0.2, 0.25) is 0 Å². The molecule has 3 aromatic heterocycles. The molecule has 182 valence electrons. The Bertz CT molecular complexity index is 1390. The van der Waals surface area contributed by atoms with Gasteiger partial charge in [0.15, 0.2) is 0 Å². The Labute approximate surface area is 206 Å². The molecule has 9 heteroatoms. The molecule has 35 heavy (non-hydrogen) atoms. The number of hydrogen-bond acceptors (Lipinski definition) is 7. The molecule has 0 radical (unpaired) electrons. The van der Waals surface area contributed by atoms with Crippen LogP contribution in [0.3, 0.4) is 0 Å². The van der Waals surface area contributed by atoms with Gasteiger partial charge in [-0.2, -0.15) is 0 Å². The summed E-state index contributed by atoms with van der Waals surface area (Å²) in [7, 11) is 0. The van der Waals surface area contributed by atoms with Crippen LogP contribution in [0.1, 0.15) is 44.2 Å². The average molecular weight is 493 g/mol. The Kier molecular flexibility index (Phi) is 6.81. The Morgan fingerprint density at radius 3 is 2.66 bits per heavy atom. The molecule has 1 fully saturated rings. The number of fused-ring (bicyclic) bond motifs is 1. The van der Waals surface area contributed by atoms with Crippen LogP contribution in [-0.4, -0.2) is 53.6 Å². The summed E-state index contributed by atoms with van der Waals surface area (Å²) in [6.45, 7) is 6.95. The number of thiophene rings is 1. The summed E-state index contributed by atoms with van der Waals surface area (Å²) in [4.78, 5) is 37.0. The topological polar surface area (TPSA) is 100 Å². The number of nitrogens with zero attached hydrogens (tertiary/aromatic N) is 2. The predicted molar refractivity (Wildman–Crippen MR) is 135 cm³/mol. The minimum absolute atomic E-state index is 0.0924. The second-order valence-electron chi connectivity index (χ2n) is 8.73. The maximum absolute atomic E-state index is 13.2. The number of furan rings is 1. The van der Waals surface area contributed by atoms with Crippen LogP contribution in [0.5, 0.6) is 0 Å². The van der Waals surface area contributed by atoms with Crippen molar-refractivity contribution in [2.75, 3.05) is 32.8 Å². The minimum Gasteiger partial charge on any atom is -0.465 e. The van der Waals surface area contributed by atoms with Gasteiger partial charge in [-0.15, -0.1) is 11.3 Å². The zero-order chi connectivity index (χ0) is 24.4. The van der Waals surface area contributed by atoms with Crippen molar-refractivity contribution in [2.45, 2.75) is 26.3 Å². The fraction of sp³-hybridized carbons (Fsp3) is 0.346. The highest BCUT2D eigenvalue weighted by Crippen LogP contribution is 2.28. The summed E-state index contributed by atoms with van der Waals surface area (Å²) in [5, 5.41) is 3.54. The summed E-state index contributed by atoms with van der Waals surface area (Å²) < 4.78 is 11.4. The van der Waals surface area contributed by atoms with Crippen molar-refractivity contribution in [3.05, 3.63) is 86.2 Å². The number of aromatic nitrogens is 2. The second-order valence-corrected chi connectivity index (χ2v) is 9.73. The van der Waals surface area contributed by atoms with Gasteiger partial charge in [0.25, 0.3) is 11.5 Å². The molecule has 1 saturated heterocycles. The number of carbonyl (C=O) groups excluding carboxylic acids is 1. The van der Waals surface area contributed by atoms with Crippen LogP contribution in [0.4, 0.5) is 0 Å². The van der Waals surface area contributed by atoms with Gasteiger partial charge in [-0.25, -0.2) is 4.98 Å². The minimum atomic E-state index is -0.217. The molecule has 1 unspecified atom stereocenters. The fourth-order valence-electron chi connectivity index (χ4n) is 4.48. The highest BCUT2D eigenvalue weighted by molar-refractivity contribution is 7.20. The normalized spacial score (nSPS) is 15.4. The highest BCUT2D eigenvalue weighted by atomic mass is 32.1. The van der Waals surface area contributed by atoms with E-state index in [0.717, 1.165) is 30.2 Å². The number of benzene rings is 1. The predicted octanol–water partition coefficient (Wildman–Crippen LogP) is 3.59. The summed E-state index contributed by atoms with van der Waals surface area (Å²) >= 11 is 1.26. The quantitative estimate of drug-likeness (QED) is 0.409. The Morgan fingerprint density at radius 1 is 1.17 bits per heavy atom. The number of aromatic amines is 1. The van der Waals surface area contributed by atoms with Crippen molar-refractivity contribution in [3.8, 4) is 0 Å². The van der Waals surface area contributed by atoms with Gasteiger partial charge < -0.3 is 19.5 Å². The lowest BCUT2D eigenvalue weighted by Crippen LogP contribution is -2.43. The summed E-state index contributed by atoms with van der Waals surface area (Å²) in [6.07, 6.45) is 0.522. The van der Waals surface area contributed by atoms with Gasteiger partial charge in [0.05, 0.1) is 29.5 Å². The van der Waals surface area contributed by atoms with Crippen molar-refractivity contribution >= 4 is 27.5 Å². The number of nitrogens with one attached hydrogen (secondary N) is 2. The molecule has 2 N–H and O–H groups in total. The average Bonchev–Trinajstić information content (AvgIpc) is 3.43. The maximum Gasteiger partial charge on any atom is 0.261 e. The van der Waals surface area contributed by atoms with E-state index in [-0.39, 0.29) is 17.5 Å². The molecular formula is C26H28N4O4S. The molecule has 4 aromatic rings. The number of H-pyrrole nitrogens is 1. The Morgan fingerprint density at radius 2 is 1.94 bits per heavy atom. The maximum atomic E-state index is 13.2. The first-order chi connectivity index (χ1) is 17.0. The smallest absolute Gasteiger partial charge is 0.261 e. The number of amides is 1. The molecule has 1 amide bonds. The first-order valence-corrected chi connectivity index (χ1v) is 12.5. The van der Waals surface area contributed by atoms with E-state index >= 15 is 0 Å². The lowest BCUT2D eigenvalue weighted by atomic mass is 10.1. The van der Waals surface area contributed by atoms with Gasteiger partial charge in [-0.3, -0.25) is 14.5 Å². The number of aryl methyl sites for hydroxylation is 2. The van der Waals surface area contributed by atoms with Crippen molar-refractivity contribution in [1.82, 2.24) is 20.2 Å². The third kappa shape index (κ3) is 5.07. The number of carbonyl (C=O) groups is 1. The molecule has 0 saturated carbocycles. The molecule has 5 rings (SSSR count). The molecule has 0 bridgehead atoms. The second kappa shape index (κ2) is 10.2. The highest BCUT2D eigenvalue weighted by Gasteiger charge is 2.27. The Balaban J connectivity index is 1.37. The lowest BCUT2D eigenvalue weighted by Gasteiger charge is -2.33. The molecule has 1 aliphatic heterocycles. The Hall–Kier alpha value is -3.27. The van der Waals surface area contributed by atoms with E-state index in [0.29, 0.717) is 52.7 Å². The number of ether oxygens (including phenoxy) is 1. The van der Waals surface area contributed by atoms with E-state index in [9.17, 15) is 9.59 Å². The van der Waals surface area contributed by atoms with E-state index in [2.05, 4.69) is 20.2 Å². The molecule has 1 atom stereocenters. The largest absolute Gasteiger partial charge is 0.465 e. The molecule has 0 spiro atoms. The number of hydrogen-bond donors (Lipinski definition) is 2. The molecule has 4 heterocycles. The summed E-state index contributed by atoms with van der Waals surface area (Å²) in [6, 6.07) is 13.7. The molecule has 8 nitrogen and oxygen atoms in total.